The van der Waals surface area contributed by atoms with Gasteiger partial charge in [-0.3, -0.25) is 0 Å². The Kier molecular flexibility index (Phi) is 3.95. The Morgan fingerprint density at radius 3 is 2.35 bits per heavy atom. The average molecular weight is 368 g/mol. The number of aryl methyl sites for hydroxylation is 1. The van der Waals surface area contributed by atoms with Crippen LogP contribution in [0.2, 0.25) is 0 Å². The first-order valence-electron chi connectivity index (χ1n) is 10.2. The van der Waals surface area contributed by atoms with Crippen LogP contribution in [0.3, 0.4) is 0 Å². The third kappa shape index (κ3) is 2.10. The van der Waals surface area contributed by atoms with Gasteiger partial charge in [0.05, 0.1) is 36.3 Å². The Bertz CT molecular complexity index is 892. The topological polar surface area (TPSA) is 3.88 Å². The number of aromatic nitrogens is 1. The molecule has 1 aromatic carbocycles. The van der Waals surface area contributed by atoms with Crippen molar-refractivity contribution in [2.24, 2.45) is 0 Å². The summed E-state index contributed by atoms with van der Waals surface area (Å²) in [5.41, 5.74) is 8.20. The Hall–Kier alpha value is -1.20. The maximum atomic E-state index is 2.65. The Balaban J connectivity index is 2.17. The van der Waals surface area contributed by atoms with Crippen molar-refractivity contribution in [2.75, 3.05) is 20.0 Å². The quantitative estimate of drug-likeness (QED) is 0.526. The lowest BCUT2D eigenvalue weighted by Gasteiger charge is -2.47. The van der Waals surface area contributed by atoms with E-state index in [9.17, 15) is 0 Å². The summed E-state index contributed by atoms with van der Waals surface area (Å²) < 4.78 is 2.65. The molecule has 0 bridgehead atoms. The van der Waals surface area contributed by atoms with Crippen LogP contribution in [0.5, 0.6) is 0 Å². The zero-order valence-electron chi connectivity index (χ0n) is 17.6. The van der Waals surface area contributed by atoms with Gasteiger partial charge in [-0.1, -0.05) is 19.9 Å². The van der Waals surface area contributed by atoms with Crippen molar-refractivity contribution in [1.82, 2.24) is 0 Å². The highest BCUT2D eigenvalue weighted by Gasteiger charge is 2.58. The van der Waals surface area contributed by atoms with Crippen LogP contribution in [-0.4, -0.2) is 20.0 Å². The molecule has 2 aromatic rings. The van der Waals surface area contributed by atoms with Gasteiger partial charge < -0.3 is 0 Å². The highest BCUT2D eigenvalue weighted by atomic mass is 31.2. The number of pyridine rings is 1. The number of nitrogens with zero attached hydrogens (tertiary/aromatic N) is 1. The first-order chi connectivity index (χ1) is 12.2. The number of benzene rings is 1. The predicted octanol–water partition coefficient (Wildman–Crippen LogP) is 5.08. The van der Waals surface area contributed by atoms with Crippen molar-refractivity contribution < 1.29 is 4.57 Å². The summed E-state index contributed by atoms with van der Waals surface area (Å²) in [5, 5.41) is 1.65. The van der Waals surface area contributed by atoms with Gasteiger partial charge in [-0.2, -0.15) is 4.57 Å². The van der Waals surface area contributed by atoms with Gasteiger partial charge in [0.2, 0.25) is 5.69 Å². The van der Waals surface area contributed by atoms with Crippen LogP contribution in [0.1, 0.15) is 57.2 Å². The van der Waals surface area contributed by atoms with E-state index in [0.29, 0.717) is 0 Å². The van der Waals surface area contributed by atoms with E-state index in [1.165, 1.54) is 25.0 Å². The van der Waals surface area contributed by atoms with Crippen LogP contribution in [0.25, 0.3) is 11.3 Å². The molecule has 0 amide bonds. The summed E-state index contributed by atoms with van der Waals surface area (Å²) in [6, 6.07) is 9.64. The molecule has 2 aliphatic rings. The van der Waals surface area contributed by atoms with Crippen molar-refractivity contribution >= 4 is 12.6 Å². The van der Waals surface area contributed by atoms with Crippen LogP contribution in [-0.2, 0) is 23.8 Å². The third-order valence-corrected chi connectivity index (χ3v) is 9.54. The van der Waals surface area contributed by atoms with Crippen LogP contribution in [0.4, 0.5) is 0 Å². The van der Waals surface area contributed by atoms with Crippen molar-refractivity contribution in [1.29, 1.82) is 0 Å². The van der Waals surface area contributed by atoms with E-state index in [1.807, 2.05) is 0 Å². The van der Waals surface area contributed by atoms with Crippen LogP contribution in [0.15, 0.2) is 30.5 Å². The molecule has 0 radical (unpaired) electrons. The first-order valence-corrected chi connectivity index (χ1v) is 13.3. The van der Waals surface area contributed by atoms with Crippen LogP contribution in [0, 0.1) is 0 Å². The number of hydrogen-bond donors (Lipinski definition) is 0. The van der Waals surface area contributed by atoms with Crippen LogP contribution < -0.4 is 9.87 Å². The van der Waals surface area contributed by atoms with Gasteiger partial charge in [-0.15, -0.1) is 0 Å². The SMILES string of the molecule is CCC1(C)c2ccc([P+](C)(C)C)c3c2-c2c(ccc[n+]2C1(C)CC)CC3. The second kappa shape index (κ2) is 5.65. The fraction of sp³-hybridized carbons (Fsp3) is 0.542. The molecule has 0 saturated carbocycles. The number of rotatable bonds is 3. The standard InChI is InChI=1S/C24H34NP/c1-8-23(3)19-14-15-20(26(5,6)7)18-13-12-17-11-10-16-25(22(17)21(18)19)24(23,4)9-2/h10-11,14-16H,8-9,12-13H2,1-7H3/q+2. The molecular weight excluding hydrogens is 333 g/mol. The smallest absolute Gasteiger partial charge is 0.192 e. The maximum Gasteiger partial charge on any atom is 0.216 e. The molecule has 1 aromatic heterocycles. The van der Waals surface area contributed by atoms with E-state index < -0.39 is 7.26 Å². The molecule has 1 aliphatic carbocycles. The maximum absolute atomic E-state index is 2.65. The lowest BCUT2D eigenvalue weighted by atomic mass is 9.59. The molecule has 138 valence electrons. The highest BCUT2D eigenvalue weighted by Crippen LogP contribution is 2.55. The van der Waals surface area contributed by atoms with Gasteiger partial charge in [0, 0.05) is 37.8 Å². The molecular formula is C24H34NP+2. The molecule has 2 unspecified atom stereocenters. The van der Waals surface area contributed by atoms with Gasteiger partial charge in [0.15, 0.2) is 11.7 Å². The highest BCUT2D eigenvalue weighted by molar-refractivity contribution is 7.81. The summed E-state index contributed by atoms with van der Waals surface area (Å²) in [4.78, 5) is 0. The lowest BCUT2D eigenvalue weighted by Crippen LogP contribution is -2.68. The normalized spacial score (nSPS) is 26.6. The lowest BCUT2D eigenvalue weighted by molar-refractivity contribution is -0.765. The second-order valence-electron chi connectivity index (χ2n) is 9.56. The van der Waals surface area contributed by atoms with Crippen molar-refractivity contribution in [2.45, 2.75) is 64.3 Å². The molecule has 26 heavy (non-hydrogen) atoms. The van der Waals surface area contributed by atoms with Crippen molar-refractivity contribution in [3.8, 4) is 11.3 Å². The molecule has 1 aliphatic heterocycles. The minimum Gasteiger partial charge on any atom is -0.192 e. The molecule has 2 atom stereocenters. The van der Waals surface area contributed by atoms with E-state index in [0.717, 1.165) is 6.42 Å². The third-order valence-electron chi connectivity index (χ3n) is 7.68. The molecule has 0 saturated heterocycles. The van der Waals surface area contributed by atoms with Gasteiger partial charge >= 0.3 is 0 Å². The first kappa shape index (κ1) is 18.2. The summed E-state index contributed by atoms with van der Waals surface area (Å²) in [7, 11) is -1.05. The summed E-state index contributed by atoms with van der Waals surface area (Å²) >= 11 is 0. The molecule has 2 heteroatoms. The Morgan fingerprint density at radius 2 is 1.73 bits per heavy atom. The summed E-state index contributed by atoms with van der Waals surface area (Å²) in [6.07, 6.45) is 7.07. The summed E-state index contributed by atoms with van der Waals surface area (Å²) in [6.45, 7) is 17.1. The Labute approximate surface area is 160 Å². The predicted molar refractivity (Wildman–Crippen MR) is 115 cm³/mol. The van der Waals surface area contributed by atoms with Crippen LogP contribution >= 0.6 is 7.26 Å². The fourth-order valence-electron chi connectivity index (χ4n) is 5.64. The van der Waals surface area contributed by atoms with E-state index in [4.69, 9.17) is 0 Å². The monoisotopic (exact) mass is 367 g/mol. The van der Waals surface area contributed by atoms with E-state index in [1.54, 1.807) is 27.6 Å². The summed E-state index contributed by atoms with van der Waals surface area (Å²) in [5.74, 6) is 0. The van der Waals surface area contributed by atoms with E-state index in [-0.39, 0.29) is 11.0 Å². The minimum atomic E-state index is -1.05. The molecule has 4 rings (SSSR count). The molecule has 1 nitrogen and oxygen atoms in total. The van der Waals surface area contributed by atoms with Crippen molar-refractivity contribution in [3.05, 3.63) is 47.2 Å². The van der Waals surface area contributed by atoms with E-state index in [2.05, 4.69) is 82.7 Å². The molecule has 0 fully saturated rings. The molecule has 0 spiro atoms. The zero-order valence-corrected chi connectivity index (χ0v) is 18.5. The minimum absolute atomic E-state index is 0.118. The number of hydrogen-bond acceptors (Lipinski definition) is 0. The largest absolute Gasteiger partial charge is 0.216 e. The average Bonchev–Trinajstić information content (AvgIpc) is 2.63. The fourth-order valence-corrected chi connectivity index (χ4v) is 7.20. The second-order valence-corrected chi connectivity index (χ2v) is 14.1. The molecule has 2 heterocycles. The van der Waals surface area contributed by atoms with E-state index >= 15 is 0 Å². The van der Waals surface area contributed by atoms with Gasteiger partial charge in [-0.25, -0.2) is 0 Å². The van der Waals surface area contributed by atoms with Crippen molar-refractivity contribution in [3.63, 3.8) is 0 Å². The van der Waals surface area contributed by atoms with Gasteiger partial charge in [0.1, 0.15) is 0 Å². The van der Waals surface area contributed by atoms with Gasteiger partial charge in [-0.05, 0) is 43.9 Å². The zero-order chi connectivity index (χ0) is 18.9. The van der Waals surface area contributed by atoms with Gasteiger partial charge in [0.25, 0.3) is 0 Å². The molecule has 0 N–H and O–H groups in total. The Morgan fingerprint density at radius 1 is 1.00 bits per heavy atom.